The van der Waals surface area contributed by atoms with E-state index >= 15 is 0 Å². The van der Waals surface area contributed by atoms with Crippen molar-refractivity contribution in [3.63, 3.8) is 0 Å². The number of amides is 1. The molecule has 0 bridgehead atoms. The molecule has 0 aromatic heterocycles. The fraction of sp³-hybridized carbons (Fsp3) is 0.733. The molecule has 0 saturated carbocycles. The van der Waals surface area contributed by atoms with Crippen molar-refractivity contribution in [3.05, 3.63) is 12.7 Å². The second-order valence-corrected chi connectivity index (χ2v) is 5.90. The zero-order valence-corrected chi connectivity index (χ0v) is 16.9. The minimum absolute atomic E-state index is 0. The van der Waals surface area contributed by atoms with Crippen molar-refractivity contribution >= 4 is 36.0 Å². The van der Waals surface area contributed by atoms with Gasteiger partial charge in [0.1, 0.15) is 5.60 Å². The van der Waals surface area contributed by atoms with Crippen molar-refractivity contribution in [2.24, 2.45) is 4.99 Å². The van der Waals surface area contributed by atoms with Crippen LogP contribution >= 0.6 is 24.0 Å². The molecule has 6 nitrogen and oxygen atoms in total. The molecule has 0 rings (SSSR count). The summed E-state index contributed by atoms with van der Waals surface area (Å²) in [5.41, 5.74) is -0.472. The van der Waals surface area contributed by atoms with Gasteiger partial charge in [0.15, 0.2) is 5.96 Å². The first kappa shape index (κ1) is 23.3. The lowest BCUT2D eigenvalue weighted by molar-refractivity contribution is 0.0230. The number of hydrogen-bond acceptors (Lipinski definition) is 3. The first-order valence-corrected chi connectivity index (χ1v) is 7.22. The SMILES string of the molecule is C=CCNC(=NC)NCCC(C)N(C)C(=O)OC(C)(C)C.I. The molecule has 0 aromatic carbocycles. The highest BCUT2D eigenvalue weighted by Gasteiger charge is 2.22. The molecule has 0 fully saturated rings. The molecule has 0 aliphatic heterocycles. The van der Waals surface area contributed by atoms with Gasteiger partial charge in [0.2, 0.25) is 0 Å². The van der Waals surface area contributed by atoms with E-state index < -0.39 is 5.60 Å². The molecule has 0 aliphatic carbocycles. The summed E-state index contributed by atoms with van der Waals surface area (Å²) in [7, 11) is 3.47. The summed E-state index contributed by atoms with van der Waals surface area (Å²) in [4.78, 5) is 17.6. The summed E-state index contributed by atoms with van der Waals surface area (Å²) < 4.78 is 5.34. The van der Waals surface area contributed by atoms with Crippen molar-refractivity contribution in [2.45, 2.75) is 45.8 Å². The quantitative estimate of drug-likeness (QED) is 0.297. The highest BCUT2D eigenvalue weighted by atomic mass is 127. The number of ether oxygens (including phenoxy) is 1. The van der Waals surface area contributed by atoms with Crippen LogP contribution in [0.25, 0.3) is 0 Å². The van der Waals surface area contributed by atoms with Gasteiger partial charge in [-0.3, -0.25) is 4.99 Å². The maximum absolute atomic E-state index is 11.9. The number of nitrogens with one attached hydrogen (secondary N) is 2. The lowest BCUT2D eigenvalue weighted by atomic mass is 10.2. The molecule has 1 amide bonds. The Hall–Kier alpha value is -0.990. The van der Waals surface area contributed by atoms with Gasteiger partial charge in [-0.2, -0.15) is 0 Å². The first-order chi connectivity index (χ1) is 9.71. The van der Waals surface area contributed by atoms with Gasteiger partial charge in [-0.05, 0) is 34.1 Å². The number of carbonyl (C=O) groups excluding carboxylic acids is 1. The first-order valence-electron chi connectivity index (χ1n) is 7.22. The van der Waals surface area contributed by atoms with Gasteiger partial charge in [0.25, 0.3) is 0 Å². The number of guanidine groups is 1. The predicted molar refractivity (Wildman–Crippen MR) is 103 cm³/mol. The molecule has 0 aromatic rings. The third-order valence-electron chi connectivity index (χ3n) is 2.83. The zero-order valence-electron chi connectivity index (χ0n) is 14.6. The van der Waals surface area contributed by atoms with E-state index in [9.17, 15) is 4.79 Å². The largest absolute Gasteiger partial charge is 0.444 e. The summed E-state index contributed by atoms with van der Waals surface area (Å²) >= 11 is 0. The van der Waals surface area contributed by atoms with Crippen LogP contribution in [0, 0.1) is 0 Å². The van der Waals surface area contributed by atoms with Crippen LogP contribution in [0.4, 0.5) is 4.79 Å². The molecule has 0 aliphatic rings. The summed E-state index contributed by atoms with van der Waals surface area (Å²) in [5, 5.41) is 6.28. The second kappa shape index (κ2) is 11.6. The normalized spacial score (nSPS) is 12.7. The van der Waals surface area contributed by atoms with Crippen LogP contribution in [-0.4, -0.2) is 55.8 Å². The van der Waals surface area contributed by atoms with Gasteiger partial charge in [-0.15, -0.1) is 30.6 Å². The third-order valence-corrected chi connectivity index (χ3v) is 2.83. The van der Waals surface area contributed by atoms with Crippen LogP contribution in [0.1, 0.15) is 34.1 Å². The maximum Gasteiger partial charge on any atom is 0.410 e. The lowest BCUT2D eigenvalue weighted by Gasteiger charge is -2.28. The van der Waals surface area contributed by atoms with Crippen LogP contribution in [0.3, 0.4) is 0 Å². The van der Waals surface area contributed by atoms with E-state index in [-0.39, 0.29) is 36.1 Å². The van der Waals surface area contributed by atoms with Crippen LogP contribution < -0.4 is 10.6 Å². The Morgan fingerprint density at radius 3 is 2.45 bits per heavy atom. The molecule has 130 valence electrons. The van der Waals surface area contributed by atoms with E-state index in [0.29, 0.717) is 13.1 Å². The van der Waals surface area contributed by atoms with E-state index in [1.54, 1.807) is 25.1 Å². The van der Waals surface area contributed by atoms with E-state index in [1.165, 1.54) is 0 Å². The average molecular weight is 426 g/mol. The number of nitrogens with zero attached hydrogens (tertiary/aromatic N) is 2. The van der Waals surface area contributed by atoms with Gasteiger partial charge in [0, 0.05) is 33.2 Å². The Balaban J connectivity index is 0. The molecule has 1 unspecified atom stereocenters. The molecule has 0 radical (unpaired) electrons. The number of carbonyl (C=O) groups is 1. The smallest absolute Gasteiger partial charge is 0.410 e. The van der Waals surface area contributed by atoms with Crippen molar-refractivity contribution < 1.29 is 9.53 Å². The fourth-order valence-electron chi connectivity index (χ4n) is 1.50. The van der Waals surface area contributed by atoms with Crippen molar-refractivity contribution in [1.29, 1.82) is 0 Å². The van der Waals surface area contributed by atoms with Gasteiger partial charge in [0.05, 0.1) is 0 Å². The number of hydrogen-bond donors (Lipinski definition) is 2. The number of rotatable bonds is 6. The number of halogens is 1. The zero-order chi connectivity index (χ0) is 16.5. The molecule has 1 atom stereocenters. The molecular weight excluding hydrogens is 395 g/mol. The van der Waals surface area contributed by atoms with Crippen LogP contribution in [-0.2, 0) is 4.74 Å². The Bertz CT molecular complexity index is 367. The van der Waals surface area contributed by atoms with Crippen LogP contribution in [0.5, 0.6) is 0 Å². The highest BCUT2D eigenvalue weighted by Crippen LogP contribution is 2.11. The van der Waals surface area contributed by atoms with Crippen molar-refractivity contribution in [3.8, 4) is 0 Å². The summed E-state index contributed by atoms with van der Waals surface area (Å²) in [6, 6.07) is 0.0739. The number of aliphatic imine (C=N–C) groups is 1. The average Bonchev–Trinajstić information content (AvgIpc) is 2.39. The van der Waals surface area contributed by atoms with Gasteiger partial charge >= 0.3 is 6.09 Å². The van der Waals surface area contributed by atoms with Crippen molar-refractivity contribution in [1.82, 2.24) is 15.5 Å². The Kier molecular flexibility index (Phi) is 12.2. The Labute approximate surface area is 151 Å². The molecule has 0 saturated heterocycles. The van der Waals surface area contributed by atoms with E-state index in [4.69, 9.17) is 4.74 Å². The fourth-order valence-corrected chi connectivity index (χ4v) is 1.50. The molecular formula is C15H31IN4O2. The van der Waals surface area contributed by atoms with Crippen molar-refractivity contribution in [2.75, 3.05) is 27.2 Å². The van der Waals surface area contributed by atoms with Gasteiger partial charge < -0.3 is 20.3 Å². The summed E-state index contributed by atoms with van der Waals surface area (Å²) in [6.07, 6.45) is 2.26. The maximum atomic E-state index is 11.9. The van der Waals surface area contributed by atoms with Gasteiger partial charge in [-0.1, -0.05) is 6.08 Å². The third kappa shape index (κ3) is 10.7. The molecule has 7 heteroatoms. The van der Waals surface area contributed by atoms with Gasteiger partial charge in [-0.25, -0.2) is 4.79 Å². The molecule has 0 heterocycles. The molecule has 0 spiro atoms. The minimum atomic E-state index is -0.472. The Morgan fingerprint density at radius 1 is 1.41 bits per heavy atom. The molecule has 22 heavy (non-hydrogen) atoms. The monoisotopic (exact) mass is 426 g/mol. The topological polar surface area (TPSA) is 66.0 Å². The Morgan fingerprint density at radius 2 is 2.00 bits per heavy atom. The lowest BCUT2D eigenvalue weighted by Crippen LogP contribution is -2.42. The molecule has 2 N–H and O–H groups in total. The van der Waals surface area contributed by atoms with E-state index in [2.05, 4.69) is 22.2 Å². The van der Waals surface area contributed by atoms with E-state index in [1.807, 2.05) is 27.7 Å². The highest BCUT2D eigenvalue weighted by molar-refractivity contribution is 14.0. The van der Waals surface area contributed by atoms with E-state index in [0.717, 1.165) is 12.4 Å². The summed E-state index contributed by atoms with van der Waals surface area (Å²) in [5.74, 6) is 0.724. The predicted octanol–water partition coefficient (Wildman–Crippen LogP) is 2.60. The second-order valence-electron chi connectivity index (χ2n) is 5.90. The van der Waals surface area contributed by atoms with Crippen LogP contribution in [0.2, 0.25) is 0 Å². The van der Waals surface area contributed by atoms with Crippen LogP contribution in [0.15, 0.2) is 17.6 Å². The standard InChI is InChI=1S/C15H30N4O2.HI/c1-8-10-17-13(16-6)18-11-9-12(2)19(7)14(20)21-15(3,4)5;/h8,12H,1,9-11H2,2-7H3,(H2,16,17,18);1H. The minimum Gasteiger partial charge on any atom is -0.444 e. The summed E-state index contributed by atoms with van der Waals surface area (Å²) in [6.45, 7) is 12.6.